The monoisotopic (exact) mass is 484 g/mol. The van der Waals surface area contributed by atoms with E-state index in [1.165, 1.54) is 11.1 Å². The minimum atomic E-state index is 0. The molecule has 1 unspecified atom stereocenters. The van der Waals surface area contributed by atoms with Gasteiger partial charge in [-0.1, -0.05) is 12.1 Å². The highest BCUT2D eigenvalue weighted by atomic mass is 127. The van der Waals surface area contributed by atoms with Crippen LogP contribution in [0.3, 0.4) is 0 Å². The summed E-state index contributed by atoms with van der Waals surface area (Å²) in [6, 6.07) is 10.5. The minimum absolute atomic E-state index is 0. The Morgan fingerprint density at radius 3 is 2.81 bits per heavy atom. The number of guanidine groups is 1. The number of rotatable bonds is 7. The number of benzene rings is 1. The molecule has 2 aromatic rings. The lowest BCUT2D eigenvalue weighted by Crippen LogP contribution is -2.42. The molecule has 1 aliphatic rings. The van der Waals surface area contributed by atoms with Crippen molar-refractivity contribution in [2.45, 2.75) is 18.9 Å². The van der Waals surface area contributed by atoms with E-state index in [9.17, 15) is 0 Å². The first-order chi connectivity index (χ1) is 12.7. The molecule has 1 aromatic heterocycles. The molecule has 0 bridgehead atoms. The van der Waals surface area contributed by atoms with Crippen LogP contribution in [0.2, 0.25) is 0 Å². The predicted molar refractivity (Wildman–Crippen MR) is 119 cm³/mol. The van der Waals surface area contributed by atoms with Gasteiger partial charge in [-0.15, -0.1) is 24.0 Å². The fraction of sp³-hybridized carbons (Fsp3) is 0.450. The van der Waals surface area contributed by atoms with Crippen molar-refractivity contribution in [3.63, 3.8) is 0 Å². The van der Waals surface area contributed by atoms with Gasteiger partial charge < -0.3 is 19.8 Å². The van der Waals surface area contributed by atoms with Gasteiger partial charge >= 0.3 is 0 Å². The highest BCUT2D eigenvalue weighted by Gasteiger charge is 2.17. The molecule has 1 aromatic carbocycles. The Morgan fingerprint density at radius 2 is 2.11 bits per heavy atom. The van der Waals surface area contributed by atoms with Gasteiger partial charge in [-0.3, -0.25) is 9.89 Å². The van der Waals surface area contributed by atoms with Crippen molar-refractivity contribution in [1.29, 1.82) is 0 Å². The molecule has 7 heteroatoms. The number of halogens is 1. The Morgan fingerprint density at radius 1 is 1.26 bits per heavy atom. The molecule has 6 nitrogen and oxygen atoms in total. The first kappa shape index (κ1) is 21.6. The number of hydrogen-bond acceptors (Lipinski definition) is 4. The van der Waals surface area contributed by atoms with E-state index in [1.807, 2.05) is 26.2 Å². The van der Waals surface area contributed by atoms with E-state index in [0.717, 1.165) is 50.0 Å². The number of hydrogen-bond donors (Lipinski definition) is 2. The summed E-state index contributed by atoms with van der Waals surface area (Å²) in [4.78, 5) is 6.45. The van der Waals surface area contributed by atoms with E-state index in [1.54, 1.807) is 13.3 Å². The fourth-order valence-corrected chi connectivity index (χ4v) is 3.15. The van der Waals surface area contributed by atoms with Gasteiger partial charge in [0.15, 0.2) is 5.96 Å². The molecule has 27 heavy (non-hydrogen) atoms. The third-order valence-corrected chi connectivity index (χ3v) is 4.64. The van der Waals surface area contributed by atoms with Gasteiger partial charge in [-0.2, -0.15) is 0 Å². The van der Waals surface area contributed by atoms with E-state index >= 15 is 0 Å². The Kier molecular flexibility index (Phi) is 8.43. The van der Waals surface area contributed by atoms with Crippen molar-refractivity contribution in [2.75, 3.05) is 40.8 Å². The minimum Gasteiger partial charge on any atom is -0.493 e. The number of likely N-dealkylation sites (N-methyl/N-ethyl adjacent to an activating group) is 1. The second-order valence-corrected chi connectivity index (χ2v) is 6.67. The molecule has 1 atom stereocenters. The third kappa shape index (κ3) is 5.87. The molecule has 2 heterocycles. The van der Waals surface area contributed by atoms with Crippen LogP contribution in [-0.4, -0.2) is 51.7 Å². The third-order valence-electron chi connectivity index (χ3n) is 4.64. The van der Waals surface area contributed by atoms with Crippen molar-refractivity contribution in [1.82, 2.24) is 15.5 Å². The van der Waals surface area contributed by atoms with Crippen LogP contribution in [0.25, 0.3) is 0 Å². The van der Waals surface area contributed by atoms with Gasteiger partial charge in [0, 0.05) is 26.6 Å². The Labute approximate surface area is 178 Å². The van der Waals surface area contributed by atoms with Crippen LogP contribution in [0, 0.1) is 0 Å². The summed E-state index contributed by atoms with van der Waals surface area (Å²) in [7, 11) is 5.88. The van der Waals surface area contributed by atoms with Crippen LogP contribution in [0.5, 0.6) is 5.75 Å². The topological polar surface area (TPSA) is 62.0 Å². The zero-order valence-electron chi connectivity index (χ0n) is 16.2. The zero-order valence-corrected chi connectivity index (χ0v) is 18.5. The molecular weight excluding hydrogens is 455 g/mol. The second kappa shape index (κ2) is 10.6. The average molecular weight is 484 g/mol. The quantitative estimate of drug-likeness (QED) is 0.360. The van der Waals surface area contributed by atoms with Gasteiger partial charge in [-0.25, -0.2) is 0 Å². The molecule has 0 saturated carbocycles. The zero-order chi connectivity index (χ0) is 18.4. The van der Waals surface area contributed by atoms with Gasteiger partial charge in [0.1, 0.15) is 11.5 Å². The van der Waals surface area contributed by atoms with Crippen LogP contribution in [0.1, 0.15) is 22.9 Å². The molecule has 0 spiro atoms. The van der Waals surface area contributed by atoms with E-state index < -0.39 is 0 Å². The van der Waals surface area contributed by atoms with Crippen LogP contribution in [0.15, 0.2) is 46.0 Å². The predicted octanol–water partition coefficient (Wildman–Crippen LogP) is 2.84. The molecular formula is C20H29IN4O2. The van der Waals surface area contributed by atoms with Crippen molar-refractivity contribution < 1.29 is 9.15 Å². The molecule has 0 amide bonds. The van der Waals surface area contributed by atoms with Crippen molar-refractivity contribution >= 4 is 29.9 Å². The highest BCUT2D eigenvalue weighted by Crippen LogP contribution is 2.25. The summed E-state index contributed by atoms with van der Waals surface area (Å²) in [6.07, 6.45) is 3.67. The van der Waals surface area contributed by atoms with E-state index in [0.29, 0.717) is 0 Å². The maximum Gasteiger partial charge on any atom is 0.191 e. The number of nitrogens with zero attached hydrogens (tertiary/aromatic N) is 2. The summed E-state index contributed by atoms with van der Waals surface area (Å²) in [5, 5.41) is 6.77. The Hall–Kier alpha value is -1.74. The van der Waals surface area contributed by atoms with Crippen molar-refractivity contribution in [3.05, 3.63) is 53.5 Å². The number of ether oxygens (including phenoxy) is 1. The Bertz CT molecular complexity index is 732. The standard InChI is InChI=1S/C20H28N4O2.HI/c1-21-20(23-14-17(24(2)3)19-5-4-11-25-19)22-10-8-15-6-7-18-16(13-15)9-12-26-18;/h4-7,11,13,17H,8-10,12,14H2,1-3H3,(H2,21,22,23);1H. The maximum absolute atomic E-state index is 5.56. The van der Waals surface area contributed by atoms with E-state index in [4.69, 9.17) is 9.15 Å². The molecule has 0 radical (unpaired) electrons. The van der Waals surface area contributed by atoms with Crippen LogP contribution in [-0.2, 0) is 12.8 Å². The lowest BCUT2D eigenvalue weighted by Gasteiger charge is -2.23. The van der Waals surface area contributed by atoms with Gasteiger partial charge in [0.05, 0.1) is 18.9 Å². The molecule has 0 fully saturated rings. The molecule has 2 N–H and O–H groups in total. The number of fused-ring (bicyclic) bond motifs is 1. The molecule has 0 aliphatic carbocycles. The molecule has 148 valence electrons. The molecule has 1 aliphatic heterocycles. The first-order valence-corrected chi connectivity index (χ1v) is 9.06. The smallest absolute Gasteiger partial charge is 0.191 e. The largest absolute Gasteiger partial charge is 0.493 e. The number of aliphatic imine (C=N–C) groups is 1. The first-order valence-electron chi connectivity index (χ1n) is 9.06. The summed E-state index contributed by atoms with van der Waals surface area (Å²) in [5.41, 5.74) is 2.64. The van der Waals surface area contributed by atoms with Crippen LogP contribution < -0.4 is 15.4 Å². The van der Waals surface area contributed by atoms with Gasteiger partial charge in [0.25, 0.3) is 0 Å². The fourth-order valence-electron chi connectivity index (χ4n) is 3.15. The number of furan rings is 1. The van der Waals surface area contributed by atoms with E-state index in [-0.39, 0.29) is 30.0 Å². The van der Waals surface area contributed by atoms with Gasteiger partial charge in [0.2, 0.25) is 0 Å². The summed E-state index contributed by atoms with van der Waals surface area (Å²) in [5.74, 6) is 2.78. The second-order valence-electron chi connectivity index (χ2n) is 6.67. The van der Waals surface area contributed by atoms with Crippen molar-refractivity contribution in [3.8, 4) is 5.75 Å². The Balaban J connectivity index is 0.00000261. The molecule has 3 rings (SSSR count). The summed E-state index contributed by atoms with van der Waals surface area (Å²) >= 11 is 0. The normalized spacial score (nSPS) is 14.3. The highest BCUT2D eigenvalue weighted by molar-refractivity contribution is 14.0. The summed E-state index contributed by atoms with van der Waals surface area (Å²) < 4.78 is 11.1. The SMILES string of the molecule is CN=C(NCCc1ccc2c(c1)CCO2)NCC(c1ccco1)N(C)C.I. The summed E-state index contributed by atoms with van der Waals surface area (Å²) in [6.45, 7) is 2.35. The maximum atomic E-state index is 5.56. The van der Waals surface area contributed by atoms with Crippen LogP contribution in [0.4, 0.5) is 0 Å². The van der Waals surface area contributed by atoms with E-state index in [2.05, 4.69) is 38.7 Å². The lowest BCUT2D eigenvalue weighted by molar-refractivity contribution is 0.258. The lowest BCUT2D eigenvalue weighted by atomic mass is 10.1. The van der Waals surface area contributed by atoms with Gasteiger partial charge in [-0.05, 0) is 49.8 Å². The van der Waals surface area contributed by atoms with Crippen LogP contribution >= 0.6 is 24.0 Å². The molecule has 0 saturated heterocycles. The number of nitrogens with one attached hydrogen (secondary N) is 2. The van der Waals surface area contributed by atoms with Crippen molar-refractivity contribution in [2.24, 2.45) is 4.99 Å². The average Bonchev–Trinajstić information content (AvgIpc) is 3.31.